The van der Waals surface area contributed by atoms with Crippen LogP contribution in [0.3, 0.4) is 0 Å². The van der Waals surface area contributed by atoms with Crippen molar-refractivity contribution in [1.82, 2.24) is 0 Å². The van der Waals surface area contributed by atoms with Crippen LogP contribution < -0.4 is 0 Å². The van der Waals surface area contributed by atoms with E-state index in [0.29, 0.717) is 0 Å². The van der Waals surface area contributed by atoms with Crippen molar-refractivity contribution in [2.24, 2.45) is 0 Å². The zero-order valence-electron chi connectivity index (χ0n) is 3.81. The van der Waals surface area contributed by atoms with E-state index in [1.165, 1.54) is 0 Å². The van der Waals surface area contributed by atoms with Gasteiger partial charge in [0.25, 0.3) is 0 Å². The molecular weight excluding hydrogens is 317 g/mol. The van der Waals surface area contributed by atoms with Gasteiger partial charge in [-0.15, -0.1) is 0 Å². The van der Waals surface area contributed by atoms with E-state index in [2.05, 4.69) is 0 Å². The van der Waals surface area contributed by atoms with Crippen molar-refractivity contribution in [3.05, 3.63) is 0 Å². The summed E-state index contributed by atoms with van der Waals surface area (Å²) in [5, 5.41) is 0. The topological polar surface area (TPSA) is 0 Å². The number of rotatable bonds is 0. The quantitative estimate of drug-likeness (QED) is 0.476. The van der Waals surface area contributed by atoms with Crippen molar-refractivity contribution in [2.75, 3.05) is 0 Å². The van der Waals surface area contributed by atoms with Gasteiger partial charge in [-0.1, -0.05) is 0 Å². The molecule has 0 saturated heterocycles. The first-order valence-corrected chi connectivity index (χ1v) is 0. The minimum absolute atomic E-state index is 0. The average molecular weight is 317 g/mol. The van der Waals surface area contributed by atoms with E-state index in [0.717, 1.165) is 0 Å². The largest absolute Gasteiger partial charge is 0 e. The maximum atomic E-state index is 0. The molecule has 0 rings (SSSR count). The smallest absolute Gasteiger partial charge is 0 e. The van der Waals surface area contributed by atoms with Gasteiger partial charge in [0.05, 0.1) is 0 Å². The summed E-state index contributed by atoms with van der Waals surface area (Å²) < 4.78 is 0. The minimum Gasteiger partial charge on any atom is 0 e. The Kier molecular flexibility index (Phi) is 874. The van der Waals surface area contributed by atoms with E-state index >= 15 is 0 Å². The molecule has 0 aromatic heterocycles. The Labute approximate surface area is 110 Å². The molecule has 0 aromatic rings. The van der Waals surface area contributed by atoms with Gasteiger partial charge in [0.15, 0.2) is 0 Å². The van der Waals surface area contributed by atoms with Crippen LogP contribution in [0.4, 0.5) is 0 Å². The molecule has 0 amide bonds. The molecule has 0 bridgehead atoms. The molecule has 0 heterocycles. The van der Waals surface area contributed by atoms with Crippen LogP contribution in [-0.4, -0.2) is 33.7 Å². The monoisotopic (exact) mass is 314 g/mol. The predicted molar refractivity (Wildman–Crippen MR) is 23.0 cm³/mol. The van der Waals surface area contributed by atoms with Crippen LogP contribution in [0.15, 0.2) is 0 Å². The van der Waals surface area contributed by atoms with E-state index in [4.69, 9.17) is 0 Å². The minimum atomic E-state index is 0. The van der Waals surface area contributed by atoms with Crippen molar-refractivity contribution in [2.45, 2.75) is 0 Å². The standard InChI is InChI=1S/4B.3Zr. The molecule has 24 valence electrons. The van der Waals surface area contributed by atoms with Gasteiger partial charge in [0.1, 0.15) is 0 Å². The molecule has 0 saturated carbocycles. The first kappa shape index (κ1) is 92.9. The molecule has 0 aromatic carbocycles. The van der Waals surface area contributed by atoms with Crippen LogP contribution in [0.1, 0.15) is 0 Å². The van der Waals surface area contributed by atoms with Gasteiger partial charge < -0.3 is 0 Å². The van der Waals surface area contributed by atoms with E-state index in [1.54, 1.807) is 0 Å². The molecule has 7 heavy (non-hydrogen) atoms. The average Bonchev–Trinajstić information content (AvgIpc) is 0. The van der Waals surface area contributed by atoms with Crippen LogP contribution in [0.5, 0.6) is 0 Å². The zero-order valence-corrected chi connectivity index (χ0v) is 11.2. The molecule has 0 aliphatic carbocycles. The molecule has 0 spiro atoms. The van der Waals surface area contributed by atoms with Crippen LogP contribution in [0.25, 0.3) is 0 Å². The second kappa shape index (κ2) is 65.9. The fraction of sp³-hybridized carbons (Fsp3) is 0. The third kappa shape index (κ3) is 50.3. The van der Waals surface area contributed by atoms with Crippen molar-refractivity contribution in [3.63, 3.8) is 0 Å². The van der Waals surface area contributed by atoms with Gasteiger partial charge in [-0.2, -0.15) is 0 Å². The summed E-state index contributed by atoms with van der Waals surface area (Å²) in [5.41, 5.74) is 0. The molecule has 7 heteroatoms. The van der Waals surface area contributed by atoms with Gasteiger partial charge >= 0.3 is 0 Å². The summed E-state index contributed by atoms with van der Waals surface area (Å²) in [6.45, 7) is 0. The summed E-state index contributed by atoms with van der Waals surface area (Å²) in [4.78, 5) is 0. The van der Waals surface area contributed by atoms with Crippen LogP contribution in [0, 0.1) is 0 Å². The first-order valence-electron chi connectivity index (χ1n) is 0. The van der Waals surface area contributed by atoms with Crippen LogP contribution >= 0.6 is 0 Å². The van der Waals surface area contributed by atoms with E-state index in [-0.39, 0.29) is 112 Å². The SMILES string of the molecule is [B].[B].[B].[B].[Zr].[Zr].[Zr]. The zero-order chi connectivity index (χ0) is 0. The van der Waals surface area contributed by atoms with E-state index < -0.39 is 0 Å². The summed E-state index contributed by atoms with van der Waals surface area (Å²) in [6, 6.07) is 0. The van der Waals surface area contributed by atoms with Crippen molar-refractivity contribution in [1.29, 1.82) is 0 Å². The molecular formula is B4Zr3. The second-order valence-corrected chi connectivity index (χ2v) is 0. The summed E-state index contributed by atoms with van der Waals surface area (Å²) in [6.07, 6.45) is 0. The Hall–Kier alpha value is 2.91. The van der Waals surface area contributed by atoms with Crippen molar-refractivity contribution in [3.8, 4) is 0 Å². The van der Waals surface area contributed by atoms with Gasteiger partial charge in [-0.25, -0.2) is 0 Å². The summed E-state index contributed by atoms with van der Waals surface area (Å²) >= 11 is 0. The molecule has 0 aliphatic rings. The molecule has 0 fully saturated rings. The summed E-state index contributed by atoms with van der Waals surface area (Å²) in [7, 11) is 0. The third-order valence-electron chi connectivity index (χ3n) is 0. The third-order valence-corrected chi connectivity index (χ3v) is 0. The first-order chi connectivity index (χ1) is 0. The Morgan fingerprint density at radius 3 is 0.286 bits per heavy atom. The van der Waals surface area contributed by atoms with Gasteiger partial charge in [0.2, 0.25) is 0 Å². The van der Waals surface area contributed by atoms with Gasteiger partial charge in [0, 0.05) is 112 Å². The molecule has 0 unspecified atom stereocenters. The molecule has 0 aliphatic heterocycles. The Morgan fingerprint density at radius 1 is 0.286 bits per heavy atom. The van der Waals surface area contributed by atoms with Gasteiger partial charge in [-0.05, 0) is 0 Å². The van der Waals surface area contributed by atoms with E-state index in [1.807, 2.05) is 0 Å². The Morgan fingerprint density at radius 2 is 0.286 bits per heavy atom. The molecule has 0 nitrogen and oxygen atoms in total. The second-order valence-electron chi connectivity index (χ2n) is 0. The van der Waals surface area contributed by atoms with Crippen molar-refractivity contribution >= 4 is 33.7 Å². The fourth-order valence-electron chi connectivity index (χ4n) is 0. The number of hydrogen-bond acceptors (Lipinski definition) is 0. The Balaban J connectivity index is 0. The summed E-state index contributed by atoms with van der Waals surface area (Å²) in [5.74, 6) is 0. The Bertz CT molecular complexity index is 6.90. The normalized spacial score (nSPS) is 0. The van der Waals surface area contributed by atoms with Gasteiger partial charge in [-0.3, -0.25) is 0 Å². The van der Waals surface area contributed by atoms with Crippen LogP contribution in [0.2, 0.25) is 0 Å². The maximum Gasteiger partial charge on any atom is 0 e. The molecule has 0 atom stereocenters. The predicted octanol–water partition coefficient (Wildman–Crippen LogP) is -1.53. The van der Waals surface area contributed by atoms with E-state index in [9.17, 15) is 0 Å². The number of hydrogen-bond donors (Lipinski definition) is 0. The molecule has 12 radical (unpaired) electrons. The van der Waals surface area contributed by atoms with Crippen molar-refractivity contribution < 1.29 is 78.6 Å². The van der Waals surface area contributed by atoms with Crippen LogP contribution in [-0.2, 0) is 78.6 Å². The molecule has 0 N–H and O–H groups in total. The maximum absolute atomic E-state index is 0. The fourth-order valence-corrected chi connectivity index (χ4v) is 0.